The van der Waals surface area contributed by atoms with Gasteiger partial charge in [-0.15, -0.1) is 5.73 Å². The number of allylic oxidation sites excluding steroid dienone is 1. The molecule has 1 rings (SSSR count). The number of hydrogen-bond donors (Lipinski definition) is 0. The maximum atomic E-state index is 11.9. The SMILES string of the molecule is CC(C)(C)C(=O)OC1=CC=C=CC1OC(=O)C(C)(C)C. The van der Waals surface area contributed by atoms with Crippen LogP contribution in [0.1, 0.15) is 41.5 Å². The summed E-state index contributed by atoms with van der Waals surface area (Å²) in [7, 11) is 0. The van der Waals surface area contributed by atoms with Gasteiger partial charge >= 0.3 is 11.9 Å². The molecule has 110 valence electrons. The summed E-state index contributed by atoms with van der Waals surface area (Å²) >= 11 is 0. The molecule has 0 N–H and O–H groups in total. The Morgan fingerprint density at radius 2 is 1.60 bits per heavy atom. The predicted octanol–water partition coefficient (Wildman–Crippen LogP) is 3.14. The lowest BCUT2D eigenvalue weighted by atomic mass is 9.97. The summed E-state index contributed by atoms with van der Waals surface area (Å²) in [6.07, 6.45) is 4.06. The van der Waals surface area contributed by atoms with Crippen LogP contribution in [-0.4, -0.2) is 18.0 Å². The normalized spacial score (nSPS) is 18.5. The van der Waals surface area contributed by atoms with Crippen LogP contribution in [0.25, 0.3) is 0 Å². The summed E-state index contributed by atoms with van der Waals surface area (Å²) in [4.78, 5) is 23.8. The summed E-state index contributed by atoms with van der Waals surface area (Å²) in [6.45, 7) is 10.6. The van der Waals surface area contributed by atoms with Crippen molar-refractivity contribution < 1.29 is 19.1 Å². The van der Waals surface area contributed by atoms with Crippen molar-refractivity contribution in [1.82, 2.24) is 0 Å². The van der Waals surface area contributed by atoms with E-state index in [0.717, 1.165) is 0 Å². The molecular weight excluding hydrogens is 256 g/mol. The Hall–Kier alpha value is -1.80. The number of carbonyl (C=O) groups excluding carboxylic acids is 2. The van der Waals surface area contributed by atoms with Crippen LogP contribution in [0.2, 0.25) is 0 Å². The van der Waals surface area contributed by atoms with E-state index < -0.39 is 16.9 Å². The summed E-state index contributed by atoms with van der Waals surface area (Å²) in [5, 5.41) is 0. The molecule has 20 heavy (non-hydrogen) atoms. The molecule has 0 amide bonds. The Morgan fingerprint density at radius 3 is 2.10 bits per heavy atom. The Bertz CT molecular complexity index is 492. The van der Waals surface area contributed by atoms with Crippen molar-refractivity contribution in [3.8, 4) is 0 Å². The summed E-state index contributed by atoms with van der Waals surface area (Å²) in [5.41, 5.74) is 1.60. The summed E-state index contributed by atoms with van der Waals surface area (Å²) in [5.74, 6) is -0.425. The molecule has 0 saturated heterocycles. The van der Waals surface area contributed by atoms with Gasteiger partial charge in [0.25, 0.3) is 0 Å². The maximum Gasteiger partial charge on any atom is 0.316 e. The molecule has 0 spiro atoms. The number of hydrogen-bond acceptors (Lipinski definition) is 4. The molecule has 1 aliphatic carbocycles. The second kappa shape index (κ2) is 5.68. The molecule has 0 aromatic carbocycles. The first-order valence-corrected chi connectivity index (χ1v) is 6.58. The van der Waals surface area contributed by atoms with Gasteiger partial charge in [0, 0.05) is 6.08 Å². The fraction of sp³-hybridized carbons (Fsp3) is 0.562. The van der Waals surface area contributed by atoms with Gasteiger partial charge in [-0.25, -0.2) is 0 Å². The first-order valence-electron chi connectivity index (χ1n) is 6.58. The fourth-order valence-corrected chi connectivity index (χ4v) is 1.19. The largest absolute Gasteiger partial charge is 0.449 e. The van der Waals surface area contributed by atoms with E-state index in [0.29, 0.717) is 5.76 Å². The van der Waals surface area contributed by atoms with Crippen molar-refractivity contribution in [3.63, 3.8) is 0 Å². The predicted molar refractivity (Wildman–Crippen MR) is 75.6 cm³/mol. The molecule has 4 heteroatoms. The van der Waals surface area contributed by atoms with Gasteiger partial charge in [0.2, 0.25) is 0 Å². The molecule has 1 atom stereocenters. The van der Waals surface area contributed by atoms with E-state index in [9.17, 15) is 9.59 Å². The highest BCUT2D eigenvalue weighted by Gasteiger charge is 2.31. The summed E-state index contributed by atoms with van der Waals surface area (Å²) in [6, 6.07) is 0. The third-order valence-electron chi connectivity index (χ3n) is 2.54. The number of rotatable bonds is 2. The van der Waals surface area contributed by atoms with E-state index in [-0.39, 0.29) is 11.9 Å². The molecule has 0 fully saturated rings. The van der Waals surface area contributed by atoms with Crippen LogP contribution in [-0.2, 0) is 19.1 Å². The van der Waals surface area contributed by atoms with Gasteiger partial charge in [-0.1, -0.05) is 0 Å². The van der Waals surface area contributed by atoms with Gasteiger partial charge < -0.3 is 9.47 Å². The minimum atomic E-state index is -0.710. The average molecular weight is 278 g/mol. The van der Waals surface area contributed by atoms with Gasteiger partial charge in [-0.05, 0) is 53.7 Å². The monoisotopic (exact) mass is 278 g/mol. The summed E-state index contributed by atoms with van der Waals surface area (Å²) < 4.78 is 10.7. The molecule has 1 unspecified atom stereocenters. The lowest BCUT2D eigenvalue weighted by molar-refractivity contribution is -0.160. The van der Waals surface area contributed by atoms with Crippen LogP contribution in [0.15, 0.2) is 29.7 Å². The quantitative estimate of drug-likeness (QED) is 0.575. The second-order valence-corrected chi connectivity index (χ2v) is 6.78. The minimum absolute atomic E-state index is 0.307. The van der Waals surface area contributed by atoms with Crippen molar-refractivity contribution in [2.24, 2.45) is 10.8 Å². The van der Waals surface area contributed by atoms with Crippen LogP contribution < -0.4 is 0 Å². The number of esters is 2. The standard InChI is InChI=1S/C16H22O4/c1-15(2,3)13(17)19-11-9-7-8-10-12(11)20-14(18)16(4,5)6/h7,9-10,12H,1-6H3. The number of ether oxygens (including phenoxy) is 2. The van der Waals surface area contributed by atoms with Gasteiger partial charge in [-0.3, -0.25) is 9.59 Å². The molecular formula is C16H22O4. The molecule has 0 aliphatic heterocycles. The first-order chi connectivity index (χ1) is 9.01. The number of carbonyl (C=O) groups is 2. The highest BCUT2D eigenvalue weighted by atomic mass is 16.6. The molecule has 0 saturated carbocycles. The lowest BCUT2D eigenvalue weighted by Crippen LogP contribution is -2.31. The van der Waals surface area contributed by atoms with Crippen LogP contribution in [0.4, 0.5) is 0 Å². The van der Waals surface area contributed by atoms with E-state index in [4.69, 9.17) is 9.47 Å². The van der Waals surface area contributed by atoms with Gasteiger partial charge in [0.15, 0.2) is 11.9 Å². The molecule has 0 radical (unpaired) electrons. The molecule has 0 aromatic heterocycles. The van der Waals surface area contributed by atoms with Crippen molar-refractivity contribution in [2.45, 2.75) is 47.6 Å². The zero-order chi connectivity index (χ0) is 15.6. The molecule has 0 aromatic rings. The van der Waals surface area contributed by atoms with E-state index in [1.807, 2.05) is 0 Å². The van der Waals surface area contributed by atoms with Crippen molar-refractivity contribution >= 4 is 11.9 Å². The van der Waals surface area contributed by atoms with Crippen LogP contribution >= 0.6 is 0 Å². The van der Waals surface area contributed by atoms with E-state index in [2.05, 4.69) is 5.73 Å². The Balaban J connectivity index is 2.81. The smallest absolute Gasteiger partial charge is 0.316 e. The van der Waals surface area contributed by atoms with Crippen molar-refractivity contribution in [3.05, 3.63) is 29.7 Å². The topological polar surface area (TPSA) is 52.6 Å². The third-order valence-corrected chi connectivity index (χ3v) is 2.54. The lowest BCUT2D eigenvalue weighted by Gasteiger charge is -2.25. The second-order valence-electron chi connectivity index (χ2n) is 6.78. The molecule has 0 bridgehead atoms. The molecule has 4 nitrogen and oxygen atoms in total. The van der Waals surface area contributed by atoms with Crippen LogP contribution in [0.5, 0.6) is 0 Å². The van der Waals surface area contributed by atoms with Crippen LogP contribution in [0, 0.1) is 10.8 Å². The first kappa shape index (κ1) is 16.3. The zero-order valence-corrected chi connectivity index (χ0v) is 12.9. The van der Waals surface area contributed by atoms with E-state index >= 15 is 0 Å². The van der Waals surface area contributed by atoms with E-state index in [1.165, 1.54) is 0 Å². The van der Waals surface area contributed by atoms with Gasteiger partial charge in [0.1, 0.15) is 0 Å². The zero-order valence-electron chi connectivity index (χ0n) is 12.9. The molecule has 1 aliphatic rings. The van der Waals surface area contributed by atoms with Gasteiger partial charge in [-0.2, -0.15) is 0 Å². The highest BCUT2D eigenvalue weighted by Crippen LogP contribution is 2.24. The Labute approximate surface area is 120 Å². The van der Waals surface area contributed by atoms with Crippen LogP contribution in [0.3, 0.4) is 0 Å². The minimum Gasteiger partial charge on any atom is -0.449 e. The Morgan fingerprint density at radius 1 is 1.05 bits per heavy atom. The third kappa shape index (κ3) is 4.39. The van der Waals surface area contributed by atoms with Gasteiger partial charge in [0.05, 0.1) is 10.8 Å². The van der Waals surface area contributed by atoms with Crippen molar-refractivity contribution in [1.29, 1.82) is 0 Å². The molecule has 0 heterocycles. The Kier molecular flexibility index (Phi) is 4.61. The van der Waals surface area contributed by atoms with E-state index in [1.54, 1.807) is 59.8 Å². The highest BCUT2D eigenvalue weighted by molar-refractivity contribution is 5.77. The fourth-order valence-electron chi connectivity index (χ4n) is 1.19. The maximum absolute atomic E-state index is 11.9. The van der Waals surface area contributed by atoms with Crippen molar-refractivity contribution in [2.75, 3.05) is 0 Å². The average Bonchev–Trinajstić information content (AvgIpc) is 2.29.